The van der Waals surface area contributed by atoms with E-state index >= 15 is 0 Å². The van der Waals surface area contributed by atoms with Crippen molar-refractivity contribution in [3.05, 3.63) is 47.4 Å². The summed E-state index contributed by atoms with van der Waals surface area (Å²) in [5.74, 6) is 0.446. The number of benzene rings is 1. The summed E-state index contributed by atoms with van der Waals surface area (Å²) in [4.78, 5) is 13.1. The summed E-state index contributed by atoms with van der Waals surface area (Å²) in [6, 6.07) is 8.08. The van der Waals surface area contributed by atoms with E-state index in [-0.39, 0.29) is 7.43 Å². The van der Waals surface area contributed by atoms with Crippen LogP contribution in [-0.2, 0) is 6.42 Å². The maximum atomic E-state index is 5.85. The van der Waals surface area contributed by atoms with E-state index in [9.17, 15) is 0 Å². The van der Waals surface area contributed by atoms with E-state index in [1.165, 1.54) is 5.56 Å². The third-order valence-corrected chi connectivity index (χ3v) is 2.80. The molecule has 3 rings (SSSR count). The van der Waals surface area contributed by atoms with Crippen LogP contribution >= 0.6 is 0 Å². The monoisotopic (exact) mass is 330 g/mol. The zero-order valence-corrected chi connectivity index (χ0v) is 15.5. The number of para-hydroxylation sites is 1. The molecule has 2 heterocycles. The fourth-order valence-corrected chi connectivity index (χ4v) is 1.97. The van der Waals surface area contributed by atoms with E-state index < -0.39 is 0 Å². The summed E-state index contributed by atoms with van der Waals surface area (Å²) in [6.45, 7) is 13.9. The number of hydrogen-bond donors (Lipinski definition) is 1. The quantitative estimate of drug-likeness (QED) is 0.723. The van der Waals surface area contributed by atoms with Gasteiger partial charge in [0, 0.05) is 6.42 Å². The Balaban J connectivity index is 0. The Morgan fingerprint density at radius 3 is 2.12 bits per heavy atom. The molecule has 1 aliphatic rings. The molecule has 0 saturated heterocycles. The molecule has 0 unspecified atom stereocenters. The van der Waals surface area contributed by atoms with Gasteiger partial charge < -0.3 is 5.73 Å². The first kappa shape index (κ1) is 24.0. The molecule has 2 aromatic rings. The van der Waals surface area contributed by atoms with E-state index in [1.807, 2.05) is 66.7 Å². The number of hydrogen-bond acceptors (Lipinski definition) is 4. The molecule has 4 heteroatoms. The van der Waals surface area contributed by atoms with Crippen LogP contribution in [0.4, 0.5) is 11.5 Å². The van der Waals surface area contributed by atoms with Crippen molar-refractivity contribution in [2.75, 3.05) is 5.73 Å². The van der Waals surface area contributed by atoms with Crippen LogP contribution in [-0.4, -0.2) is 15.7 Å². The first-order chi connectivity index (χ1) is 11.2. The molecule has 0 saturated carbocycles. The lowest BCUT2D eigenvalue weighted by Crippen LogP contribution is -2.10. The van der Waals surface area contributed by atoms with Crippen molar-refractivity contribution in [1.29, 1.82) is 0 Å². The number of aryl methyl sites for hydroxylation is 1. The molecule has 1 aliphatic heterocycles. The topological polar surface area (TPSA) is 64.2 Å². The Morgan fingerprint density at radius 1 is 0.958 bits per heavy atom. The van der Waals surface area contributed by atoms with Crippen LogP contribution in [0.1, 0.15) is 65.9 Å². The highest BCUT2D eigenvalue weighted by Gasteiger charge is 2.19. The van der Waals surface area contributed by atoms with Crippen LogP contribution in [0.3, 0.4) is 0 Å². The lowest BCUT2D eigenvalue weighted by molar-refractivity contribution is 1.10. The third kappa shape index (κ3) is 6.11. The average Bonchev–Trinajstić information content (AvgIpc) is 3.06. The van der Waals surface area contributed by atoms with Gasteiger partial charge in [-0.05, 0) is 18.6 Å². The fourth-order valence-electron chi connectivity index (χ4n) is 1.97. The molecule has 0 bridgehead atoms. The maximum absolute atomic E-state index is 5.85. The summed E-state index contributed by atoms with van der Waals surface area (Å²) in [7, 11) is 0. The smallest absolute Gasteiger partial charge is 0.151 e. The van der Waals surface area contributed by atoms with E-state index in [1.54, 1.807) is 6.20 Å². The first-order valence-electron chi connectivity index (χ1n) is 8.49. The fraction of sp³-hybridized carbons (Fsp3) is 0.450. The minimum absolute atomic E-state index is 0. The van der Waals surface area contributed by atoms with Gasteiger partial charge in [-0.3, -0.25) is 4.99 Å². The Bertz CT molecular complexity index is 619. The third-order valence-electron chi connectivity index (χ3n) is 2.80. The predicted molar refractivity (Wildman–Crippen MR) is 108 cm³/mol. The van der Waals surface area contributed by atoms with Crippen molar-refractivity contribution in [1.82, 2.24) is 9.97 Å². The normalized spacial score (nSPS) is 10.2. The number of fused-ring (bicyclic) bond motifs is 1. The SMILES string of the molecule is C.CC.CC.CC.Cc1cnc(N)c(C2=Nc3ccccc3C2)n1. The van der Waals surface area contributed by atoms with Gasteiger partial charge in [0.25, 0.3) is 0 Å². The van der Waals surface area contributed by atoms with Gasteiger partial charge in [-0.1, -0.05) is 67.2 Å². The van der Waals surface area contributed by atoms with Crippen LogP contribution < -0.4 is 5.73 Å². The lowest BCUT2D eigenvalue weighted by Gasteiger charge is -2.03. The molecule has 2 N–H and O–H groups in total. The lowest BCUT2D eigenvalue weighted by atomic mass is 10.1. The second-order valence-electron chi connectivity index (χ2n) is 4.11. The Morgan fingerprint density at radius 2 is 1.54 bits per heavy atom. The molecule has 0 radical (unpaired) electrons. The van der Waals surface area contributed by atoms with Crippen LogP contribution in [0.15, 0.2) is 35.5 Å². The average molecular weight is 331 g/mol. The van der Waals surface area contributed by atoms with Crippen molar-refractivity contribution in [3.63, 3.8) is 0 Å². The van der Waals surface area contributed by atoms with Crippen molar-refractivity contribution in [3.8, 4) is 0 Å². The molecule has 0 aliphatic carbocycles. The van der Waals surface area contributed by atoms with E-state index in [0.717, 1.165) is 23.5 Å². The van der Waals surface area contributed by atoms with E-state index in [4.69, 9.17) is 5.73 Å². The molecule has 0 amide bonds. The number of anilines is 1. The molecule has 0 atom stereocenters. The highest BCUT2D eigenvalue weighted by molar-refractivity contribution is 6.07. The highest BCUT2D eigenvalue weighted by atomic mass is 14.9. The van der Waals surface area contributed by atoms with Crippen molar-refractivity contribution in [2.24, 2.45) is 4.99 Å². The zero-order valence-electron chi connectivity index (χ0n) is 15.5. The molecule has 1 aromatic carbocycles. The Kier molecular flexibility index (Phi) is 13.2. The van der Waals surface area contributed by atoms with Crippen molar-refractivity contribution < 1.29 is 0 Å². The molecular weight excluding hydrogens is 296 g/mol. The summed E-state index contributed by atoms with van der Waals surface area (Å²) in [5, 5.41) is 0. The molecular formula is C20H34N4. The van der Waals surface area contributed by atoms with Gasteiger partial charge >= 0.3 is 0 Å². The minimum Gasteiger partial charge on any atom is -0.382 e. The van der Waals surface area contributed by atoms with Crippen molar-refractivity contribution in [2.45, 2.75) is 62.3 Å². The Labute approximate surface area is 148 Å². The molecule has 1 aromatic heterocycles. The van der Waals surface area contributed by atoms with Gasteiger partial charge in [0.1, 0.15) is 5.69 Å². The first-order valence-corrected chi connectivity index (χ1v) is 8.49. The van der Waals surface area contributed by atoms with Crippen LogP contribution in [0.2, 0.25) is 0 Å². The number of aromatic nitrogens is 2. The zero-order chi connectivity index (χ0) is 17.8. The molecule has 0 spiro atoms. The molecule has 0 fully saturated rings. The standard InChI is InChI=1S/C13H12N4.3C2H6.CH4/c1-8-7-15-13(14)12(16-8)11-6-9-4-2-3-5-10(9)17-11;3*1-2;/h2-5,7H,6H2,1H3,(H2,14,15);3*1-2H3;1H4. The molecule has 4 nitrogen and oxygen atoms in total. The number of aliphatic imine (C=N–C) groups is 1. The van der Waals surface area contributed by atoms with Crippen LogP contribution in [0.25, 0.3) is 0 Å². The van der Waals surface area contributed by atoms with Crippen molar-refractivity contribution >= 4 is 17.2 Å². The van der Waals surface area contributed by atoms with Crippen LogP contribution in [0, 0.1) is 6.92 Å². The summed E-state index contributed by atoms with van der Waals surface area (Å²) in [6.07, 6.45) is 2.44. The predicted octanol–water partition coefficient (Wildman–Crippen LogP) is 5.76. The number of nitrogens with zero attached hydrogens (tertiary/aromatic N) is 3. The maximum Gasteiger partial charge on any atom is 0.151 e. The van der Waals surface area contributed by atoms with Gasteiger partial charge in [-0.25, -0.2) is 9.97 Å². The summed E-state index contributed by atoms with van der Waals surface area (Å²) < 4.78 is 0. The van der Waals surface area contributed by atoms with Crippen LogP contribution in [0.5, 0.6) is 0 Å². The summed E-state index contributed by atoms with van der Waals surface area (Å²) >= 11 is 0. The van der Waals surface area contributed by atoms with E-state index in [0.29, 0.717) is 11.5 Å². The second-order valence-corrected chi connectivity index (χ2v) is 4.11. The number of rotatable bonds is 1. The minimum atomic E-state index is 0. The number of nitrogens with two attached hydrogens (primary N) is 1. The molecule has 24 heavy (non-hydrogen) atoms. The highest BCUT2D eigenvalue weighted by Crippen LogP contribution is 2.28. The van der Waals surface area contributed by atoms with Gasteiger partial charge in [0.2, 0.25) is 0 Å². The van der Waals surface area contributed by atoms with Gasteiger partial charge in [-0.15, -0.1) is 0 Å². The largest absolute Gasteiger partial charge is 0.382 e. The van der Waals surface area contributed by atoms with E-state index in [2.05, 4.69) is 21.0 Å². The van der Waals surface area contributed by atoms with Gasteiger partial charge in [0.15, 0.2) is 5.82 Å². The molecule has 134 valence electrons. The number of nitrogen functional groups attached to an aromatic ring is 1. The summed E-state index contributed by atoms with van der Waals surface area (Å²) in [5.41, 5.74) is 10.5. The second kappa shape index (κ2) is 13.2. The van der Waals surface area contributed by atoms with Gasteiger partial charge in [-0.2, -0.15) is 0 Å². The Hall–Kier alpha value is -2.23. The van der Waals surface area contributed by atoms with Gasteiger partial charge in [0.05, 0.1) is 23.3 Å².